The third kappa shape index (κ3) is 3.63. The maximum atomic E-state index is 12.5. The van der Waals surface area contributed by atoms with E-state index in [4.69, 9.17) is 4.74 Å². The van der Waals surface area contributed by atoms with Gasteiger partial charge in [-0.1, -0.05) is 6.07 Å². The van der Waals surface area contributed by atoms with Gasteiger partial charge in [-0.3, -0.25) is 14.8 Å². The Balaban J connectivity index is 1.78. The summed E-state index contributed by atoms with van der Waals surface area (Å²) in [5.74, 6) is 0.422. The van der Waals surface area contributed by atoms with Gasteiger partial charge in [-0.2, -0.15) is 0 Å². The number of benzene rings is 1. The zero-order valence-electron chi connectivity index (χ0n) is 12.8. The number of hydrogen-bond donors (Lipinski definition) is 1. The van der Waals surface area contributed by atoms with Crippen molar-refractivity contribution < 1.29 is 9.53 Å². The third-order valence-electron chi connectivity index (χ3n) is 3.36. The molecule has 0 radical (unpaired) electrons. The van der Waals surface area contributed by atoms with E-state index in [1.54, 1.807) is 49.0 Å². The average Bonchev–Trinajstić information content (AvgIpc) is 3.15. The average molecular weight is 404 g/mol. The summed E-state index contributed by atoms with van der Waals surface area (Å²) in [4.78, 5) is 22.2. The molecule has 0 aliphatic carbocycles. The molecular formula is C17H14BrN3O2S. The Hall–Kier alpha value is -2.25. The summed E-state index contributed by atoms with van der Waals surface area (Å²) >= 11 is 4.98. The van der Waals surface area contributed by atoms with Crippen LogP contribution in [0.4, 0.5) is 0 Å². The van der Waals surface area contributed by atoms with E-state index in [1.165, 1.54) is 0 Å². The van der Waals surface area contributed by atoms with Crippen molar-refractivity contribution in [1.29, 1.82) is 0 Å². The molecule has 1 aromatic carbocycles. The van der Waals surface area contributed by atoms with E-state index in [9.17, 15) is 4.79 Å². The van der Waals surface area contributed by atoms with Crippen LogP contribution in [0.1, 0.15) is 16.1 Å². The predicted octanol–water partition coefficient (Wildman–Crippen LogP) is 3.91. The van der Waals surface area contributed by atoms with E-state index in [2.05, 4.69) is 31.2 Å². The number of amides is 1. The van der Waals surface area contributed by atoms with Gasteiger partial charge in [0.15, 0.2) is 0 Å². The molecule has 1 amide bonds. The molecule has 7 heteroatoms. The number of carbonyl (C=O) groups is 1. The quantitative estimate of drug-likeness (QED) is 0.701. The molecule has 3 rings (SSSR count). The Morgan fingerprint density at radius 1 is 1.29 bits per heavy atom. The Morgan fingerprint density at radius 3 is 2.88 bits per heavy atom. The van der Waals surface area contributed by atoms with Gasteiger partial charge in [0.2, 0.25) is 0 Å². The minimum absolute atomic E-state index is 0.205. The molecule has 0 unspecified atom stereocenters. The summed E-state index contributed by atoms with van der Waals surface area (Å²) in [5, 5.41) is 4.87. The molecule has 1 N–H and O–H groups in total. The molecule has 0 aliphatic heterocycles. The van der Waals surface area contributed by atoms with Gasteiger partial charge >= 0.3 is 0 Å². The largest absolute Gasteiger partial charge is 0.497 e. The lowest BCUT2D eigenvalue weighted by Gasteiger charge is -2.10. The maximum Gasteiger partial charge on any atom is 0.252 e. The smallest absolute Gasteiger partial charge is 0.252 e. The number of aromatic nitrogens is 2. The number of methoxy groups -OCH3 is 1. The number of halogens is 1. The Kier molecular flexibility index (Phi) is 5.22. The number of ether oxygens (including phenoxy) is 1. The van der Waals surface area contributed by atoms with Gasteiger partial charge in [-0.15, -0.1) is 11.3 Å². The van der Waals surface area contributed by atoms with Crippen molar-refractivity contribution >= 4 is 33.2 Å². The molecule has 2 heterocycles. The van der Waals surface area contributed by atoms with Crippen LogP contribution < -0.4 is 10.1 Å². The highest BCUT2D eigenvalue weighted by molar-refractivity contribution is 9.10. The summed E-state index contributed by atoms with van der Waals surface area (Å²) in [7, 11) is 1.57. The summed E-state index contributed by atoms with van der Waals surface area (Å²) in [6.45, 7) is 0.295. The maximum absolute atomic E-state index is 12.5. The lowest BCUT2D eigenvalue weighted by Crippen LogP contribution is -2.24. The van der Waals surface area contributed by atoms with Crippen LogP contribution in [0.15, 0.2) is 52.6 Å². The SMILES string of the molecule is COc1ccc(Br)c(C(=O)NCc2nccnc2-c2cccs2)c1. The van der Waals surface area contributed by atoms with Crippen molar-refractivity contribution in [3.63, 3.8) is 0 Å². The lowest BCUT2D eigenvalue weighted by molar-refractivity contribution is 0.0949. The van der Waals surface area contributed by atoms with Crippen molar-refractivity contribution in [1.82, 2.24) is 15.3 Å². The minimum atomic E-state index is -0.205. The standard InChI is InChI=1S/C17H14BrN3O2S/c1-23-11-4-5-13(18)12(9-11)17(22)21-10-14-16(20-7-6-19-14)15-3-2-8-24-15/h2-9H,10H2,1H3,(H,21,22). The second-order valence-electron chi connectivity index (χ2n) is 4.86. The summed E-state index contributed by atoms with van der Waals surface area (Å²) in [6.07, 6.45) is 3.28. The van der Waals surface area contributed by atoms with Crippen LogP contribution in [0.3, 0.4) is 0 Å². The first-order chi connectivity index (χ1) is 11.7. The van der Waals surface area contributed by atoms with Crippen molar-refractivity contribution in [2.45, 2.75) is 6.54 Å². The second-order valence-corrected chi connectivity index (χ2v) is 6.66. The highest BCUT2D eigenvalue weighted by Gasteiger charge is 2.14. The van der Waals surface area contributed by atoms with Crippen LogP contribution in [-0.2, 0) is 6.54 Å². The van der Waals surface area contributed by atoms with Crippen LogP contribution in [0.25, 0.3) is 10.6 Å². The van der Waals surface area contributed by atoms with E-state index >= 15 is 0 Å². The van der Waals surface area contributed by atoms with E-state index in [0.717, 1.165) is 16.3 Å². The number of thiophene rings is 1. The molecule has 0 spiro atoms. The first kappa shape index (κ1) is 16.6. The first-order valence-electron chi connectivity index (χ1n) is 7.14. The van der Waals surface area contributed by atoms with Crippen molar-refractivity contribution in [2.24, 2.45) is 0 Å². The monoisotopic (exact) mass is 403 g/mol. The second kappa shape index (κ2) is 7.55. The molecule has 2 aromatic heterocycles. The fourth-order valence-corrected chi connectivity index (χ4v) is 3.35. The van der Waals surface area contributed by atoms with Crippen LogP contribution >= 0.6 is 27.3 Å². The first-order valence-corrected chi connectivity index (χ1v) is 8.82. The molecule has 3 aromatic rings. The Morgan fingerprint density at radius 2 is 2.12 bits per heavy atom. The molecule has 0 bridgehead atoms. The van der Waals surface area contributed by atoms with Crippen LogP contribution in [0.5, 0.6) is 5.75 Å². The van der Waals surface area contributed by atoms with E-state index in [-0.39, 0.29) is 5.91 Å². The summed E-state index contributed by atoms with van der Waals surface area (Å²) in [5.41, 5.74) is 2.03. The van der Waals surface area contributed by atoms with Crippen molar-refractivity contribution in [3.05, 3.63) is 63.8 Å². The minimum Gasteiger partial charge on any atom is -0.497 e. The van der Waals surface area contributed by atoms with Gasteiger partial charge in [-0.25, -0.2) is 0 Å². The van der Waals surface area contributed by atoms with Gasteiger partial charge in [0.1, 0.15) is 11.4 Å². The van der Waals surface area contributed by atoms with Crippen LogP contribution in [-0.4, -0.2) is 23.0 Å². The molecule has 24 heavy (non-hydrogen) atoms. The Bertz CT molecular complexity index is 853. The van der Waals surface area contributed by atoms with Crippen molar-refractivity contribution in [3.8, 4) is 16.3 Å². The molecule has 5 nitrogen and oxygen atoms in total. The molecule has 0 atom stereocenters. The molecular weight excluding hydrogens is 390 g/mol. The highest BCUT2D eigenvalue weighted by atomic mass is 79.9. The number of rotatable bonds is 5. The topological polar surface area (TPSA) is 64.1 Å². The lowest BCUT2D eigenvalue weighted by atomic mass is 10.2. The number of nitrogens with one attached hydrogen (secondary N) is 1. The van der Waals surface area contributed by atoms with Crippen molar-refractivity contribution in [2.75, 3.05) is 7.11 Å². The molecule has 0 saturated heterocycles. The number of hydrogen-bond acceptors (Lipinski definition) is 5. The van der Waals surface area contributed by atoms with Gasteiger partial charge in [0.05, 0.1) is 29.8 Å². The predicted molar refractivity (Wildman–Crippen MR) is 97.2 cm³/mol. The summed E-state index contributed by atoms with van der Waals surface area (Å²) in [6, 6.07) is 9.21. The zero-order chi connectivity index (χ0) is 16.9. The van der Waals surface area contributed by atoms with E-state index in [0.29, 0.717) is 22.3 Å². The van der Waals surface area contributed by atoms with E-state index < -0.39 is 0 Å². The molecule has 0 aliphatic rings. The fourth-order valence-electron chi connectivity index (χ4n) is 2.18. The van der Waals surface area contributed by atoms with Crippen LogP contribution in [0, 0.1) is 0 Å². The molecule has 0 saturated carbocycles. The van der Waals surface area contributed by atoms with Gasteiger partial charge in [0, 0.05) is 16.9 Å². The molecule has 0 fully saturated rings. The van der Waals surface area contributed by atoms with E-state index in [1.807, 2.05) is 17.5 Å². The Labute approximate surface area is 151 Å². The normalized spacial score (nSPS) is 10.4. The van der Waals surface area contributed by atoms with Gasteiger partial charge < -0.3 is 10.1 Å². The third-order valence-corrected chi connectivity index (χ3v) is 4.93. The van der Waals surface area contributed by atoms with Gasteiger partial charge in [-0.05, 0) is 45.6 Å². The summed E-state index contributed by atoms with van der Waals surface area (Å²) < 4.78 is 5.88. The fraction of sp³-hybridized carbons (Fsp3) is 0.118. The van der Waals surface area contributed by atoms with Gasteiger partial charge in [0.25, 0.3) is 5.91 Å². The molecule has 122 valence electrons. The number of nitrogens with zero attached hydrogens (tertiary/aromatic N) is 2. The zero-order valence-corrected chi connectivity index (χ0v) is 15.2. The number of carbonyl (C=O) groups excluding carboxylic acids is 1. The highest BCUT2D eigenvalue weighted by Crippen LogP contribution is 2.25. The van der Waals surface area contributed by atoms with Crippen LogP contribution in [0.2, 0.25) is 0 Å².